The molecule has 0 amide bonds. The maximum atomic E-state index is 4.98. The molecule has 2 aromatic heterocycles. The molecule has 0 spiro atoms. The molecular weight excluding hydrogens is 216 g/mol. The van der Waals surface area contributed by atoms with Gasteiger partial charge in [0, 0.05) is 24.9 Å². The summed E-state index contributed by atoms with van der Waals surface area (Å²) in [7, 11) is 1.59. The van der Waals surface area contributed by atoms with E-state index in [0.29, 0.717) is 11.7 Å². The first-order chi connectivity index (χ1) is 8.38. The molecule has 1 N–H and O–H groups in total. The van der Waals surface area contributed by atoms with E-state index in [0.717, 1.165) is 18.7 Å². The fourth-order valence-electron chi connectivity index (χ4n) is 1.36. The van der Waals surface area contributed by atoms with Crippen molar-refractivity contribution in [3.63, 3.8) is 0 Å². The molecule has 0 saturated heterocycles. The fraction of sp³-hybridized carbons (Fsp3) is 0.250. The number of pyridine rings is 1. The number of aromatic nitrogens is 3. The molecule has 0 aliphatic heterocycles. The largest absolute Gasteiger partial charge is 0.494 e. The van der Waals surface area contributed by atoms with Crippen LogP contribution in [0.4, 0.5) is 5.95 Å². The molecule has 88 valence electrons. The third-order valence-electron chi connectivity index (χ3n) is 2.25. The third kappa shape index (κ3) is 3.41. The quantitative estimate of drug-likeness (QED) is 0.844. The molecule has 5 nitrogen and oxygen atoms in total. The molecule has 0 atom stereocenters. The van der Waals surface area contributed by atoms with Crippen LogP contribution in [0.15, 0.2) is 36.8 Å². The monoisotopic (exact) mass is 230 g/mol. The van der Waals surface area contributed by atoms with E-state index in [9.17, 15) is 0 Å². The highest BCUT2D eigenvalue weighted by Crippen LogP contribution is 2.07. The summed E-state index contributed by atoms with van der Waals surface area (Å²) >= 11 is 0. The van der Waals surface area contributed by atoms with Crippen LogP contribution < -0.4 is 10.1 Å². The van der Waals surface area contributed by atoms with Gasteiger partial charge in [0.1, 0.15) is 0 Å². The van der Waals surface area contributed by atoms with E-state index >= 15 is 0 Å². The summed E-state index contributed by atoms with van der Waals surface area (Å²) < 4.78 is 4.98. The van der Waals surface area contributed by atoms with Gasteiger partial charge in [-0.15, -0.1) is 0 Å². The normalized spacial score (nSPS) is 9.94. The third-order valence-corrected chi connectivity index (χ3v) is 2.25. The summed E-state index contributed by atoms with van der Waals surface area (Å²) in [4.78, 5) is 12.5. The Kier molecular flexibility index (Phi) is 3.85. The van der Waals surface area contributed by atoms with Crippen molar-refractivity contribution in [1.82, 2.24) is 15.0 Å². The van der Waals surface area contributed by atoms with Gasteiger partial charge >= 0.3 is 0 Å². The Bertz CT molecular complexity index is 444. The van der Waals surface area contributed by atoms with E-state index in [4.69, 9.17) is 4.74 Å². The second-order valence-electron chi connectivity index (χ2n) is 3.44. The topological polar surface area (TPSA) is 59.9 Å². The number of methoxy groups -OCH3 is 1. The van der Waals surface area contributed by atoms with Crippen molar-refractivity contribution in [3.05, 3.63) is 42.5 Å². The van der Waals surface area contributed by atoms with Crippen LogP contribution in [0.5, 0.6) is 5.75 Å². The van der Waals surface area contributed by atoms with Gasteiger partial charge in [0.2, 0.25) is 5.95 Å². The lowest BCUT2D eigenvalue weighted by atomic mass is 10.3. The van der Waals surface area contributed by atoms with Gasteiger partial charge in [-0.2, -0.15) is 0 Å². The first kappa shape index (κ1) is 11.3. The predicted molar refractivity (Wildman–Crippen MR) is 65.0 cm³/mol. The number of nitrogens with one attached hydrogen (secondary N) is 1. The van der Waals surface area contributed by atoms with Gasteiger partial charge in [-0.3, -0.25) is 4.98 Å². The van der Waals surface area contributed by atoms with Crippen LogP contribution in [0.25, 0.3) is 0 Å². The average molecular weight is 230 g/mol. The van der Waals surface area contributed by atoms with Crippen molar-refractivity contribution in [1.29, 1.82) is 0 Å². The predicted octanol–water partition coefficient (Wildman–Crippen LogP) is 1.53. The van der Waals surface area contributed by atoms with Gasteiger partial charge in [-0.1, -0.05) is 6.07 Å². The summed E-state index contributed by atoms with van der Waals surface area (Å²) in [5, 5.41) is 3.13. The maximum absolute atomic E-state index is 4.98. The molecule has 2 rings (SSSR count). The number of hydrogen-bond acceptors (Lipinski definition) is 5. The molecular formula is C12H14N4O. The van der Waals surface area contributed by atoms with Crippen LogP contribution in [0.1, 0.15) is 5.69 Å². The van der Waals surface area contributed by atoms with E-state index in [-0.39, 0.29) is 0 Å². The van der Waals surface area contributed by atoms with Gasteiger partial charge < -0.3 is 10.1 Å². The highest BCUT2D eigenvalue weighted by Gasteiger charge is 1.97. The zero-order valence-corrected chi connectivity index (χ0v) is 9.63. The molecule has 0 bridgehead atoms. The summed E-state index contributed by atoms with van der Waals surface area (Å²) in [6.07, 6.45) is 5.90. The Morgan fingerprint density at radius 2 is 2.00 bits per heavy atom. The standard InChI is InChI=1S/C12H14N4O/c1-17-11-8-15-12(16-9-11)14-7-5-10-4-2-3-6-13-10/h2-4,6,8-9H,5,7H2,1H3,(H,14,15,16). The fourth-order valence-corrected chi connectivity index (χ4v) is 1.36. The highest BCUT2D eigenvalue weighted by molar-refractivity contribution is 5.27. The summed E-state index contributed by atoms with van der Waals surface area (Å²) in [6.45, 7) is 0.753. The molecule has 0 aliphatic carbocycles. The van der Waals surface area contributed by atoms with Gasteiger partial charge in [0.05, 0.1) is 19.5 Å². The molecule has 0 fully saturated rings. The van der Waals surface area contributed by atoms with Crippen LogP contribution in [0, 0.1) is 0 Å². The molecule has 0 radical (unpaired) electrons. The Balaban J connectivity index is 1.82. The Hall–Kier alpha value is -2.17. The molecule has 0 aliphatic rings. The lowest BCUT2D eigenvalue weighted by Gasteiger charge is -2.04. The van der Waals surface area contributed by atoms with Crippen molar-refractivity contribution in [3.8, 4) is 5.75 Å². The highest BCUT2D eigenvalue weighted by atomic mass is 16.5. The first-order valence-electron chi connectivity index (χ1n) is 5.38. The lowest BCUT2D eigenvalue weighted by Crippen LogP contribution is -2.08. The second kappa shape index (κ2) is 5.79. The van der Waals surface area contributed by atoms with Crippen molar-refractivity contribution in [2.45, 2.75) is 6.42 Å². The number of hydrogen-bond donors (Lipinski definition) is 1. The van der Waals surface area contributed by atoms with Crippen LogP contribution in [-0.2, 0) is 6.42 Å². The van der Waals surface area contributed by atoms with Gasteiger partial charge in [-0.05, 0) is 12.1 Å². The molecule has 0 unspecified atom stereocenters. The van der Waals surface area contributed by atoms with E-state index < -0.39 is 0 Å². The van der Waals surface area contributed by atoms with Crippen molar-refractivity contribution < 1.29 is 4.74 Å². The maximum Gasteiger partial charge on any atom is 0.222 e. The minimum absolute atomic E-state index is 0.599. The molecule has 5 heteroatoms. The SMILES string of the molecule is COc1cnc(NCCc2ccccn2)nc1. The van der Waals surface area contributed by atoms with E-state index in [1.165, 1.54) is 0 Å². The Morgan fingerprint density at radius 1 is 1.18 bits per heavy atom. The summed E-state index contributed by atoms with van der Waals surface area (Å²) in [6, 6.07) is 5.88. The summed E-state index contributed by atoms with van der Waals surface area (Å²) in [5.41, 5.74) is 1.05. The number of anilines is 1. The van der Waals surface area contributed by atoms with E-state index in [1.54, 1.807) is 25.7 Å². The van der Waals surface area contributed by atoms with E-state index in [1.807, 2.05) is 18.2 Å². The second-order valence-corrected chi connectivity index (χ2v) is 3.44. The molecule has 0 saturated carbocycles. The zero-order chi connectivity index (χ0) is 11.9. The smallest absolute Gasteiger partial charge is 0.222 e. The lowest BCUT2D eigenvalue weighted by molar-refractivity contribution is 0.411. The minimum Gasteiger partial charge on any atom is -0.494 e. The Morgan fingerprint density at radius 3 is 2.65 bits per heavy atom. The first-order valence-corrected chi connectivity index (χ1v) is 5.38. The van der Waals surface area contributed by atoms with Crippen molar-refractivity contribution >= 4 is 5.95 Å². The van der Waals surface area contributed by atoms with Gasteiger partial charge in [0.15, 0.2) is 5.75 Å². The molecule has 2 heterocycles. The van der Waals surface area contributed by atoms with Gasteiger partial charge in [0.25, 0.3) is 0 Å². The molecule has 2 aromatic rings. The van der Waals surface area contributed by atoms with Crippen LogP contribution in [-0.4, -0.2) is 28.6 Å². The van der Waals surface area contributed by atoms with Gasteiger partial charge in [-0.25, -0.2) is 9.97 Å². The van der Waals surface area contributed by atoms with Crippen LogP contribution >= 0.6 is 0 Å². The van der Waals surface area contributed by atoms with Crippen LogP contribution in [0.2, 0.25) is 0 Å². The number of ether oxygens (including phenoxy) is 1. The minimum atomic E-state index is 0.599. The van der Waals surface area contributed by atoms with Crippen molar-refractivity contribution in [2.75, 3.05) is 19.0 Å². The molecule has 0 aromatic carbocycles. The van der Waals surface area contributed by atoms with Crippen LogP contribution in [0.3, 0.4) is 0 Å². The molecule has 17 heavy (non-hydrogen) atoms. The van der Waals surface area contributed by atoms with E-state index in [2.05, 4.69) is 20.3 Å². The number of nitrogens with zero attached hydrogens (tertiary/aromatic N) is 3. The zero-order valence-electron chi connectivity index (χ0n) is 9.63. The Labute approximate surface area is 99.9 Å². The summed E-state index contributed by atoms with van der Waals surface area (Å²) in [5.74, 6) is 1.25. The average Bonchev–Trinajstić information content (AvgIpc) is 2.41. The van der Waals surface area contributed by atoms with Crippen molar-refractivity contribution in [2.24, 2.45) is 0 Å². The number of rotatable bonds is 5.